The van der Waals surface area contributed by atoms with E-state index >= 15 is 4.79 Å². The molecular formula is C62H40N2O. The molecule has 65 heavy (non-hydrogen) atoms. The fourth-order valence-corrected chi connectivity index (χ4v) is 10.9. The van der Waals surface area contributed by atoms with E-state index in [9.17, 15) is 0 Å². The second kappa shape index (κ2) is 14.5. The van der Waals surface area contributed by atoms with Crippen LogP contribution in [0.5, 0.6) is 0 Å². The molecule has 0 radical (unpaired) electrons. The van der Waals surface area contributed by atoms with E-state index in [4.69, 9.17) is 0 Å². The van der Waals surface area contributed by atoms with Gasteiger partial charge in [-0.05, 0) is 127 Å². The first-order valence-electron chi connectivity index (χ1n) is 22.3. The van der Waals surface area contributed by atoms with Crippen LogP contribution in [-0.4, -0.2) is 4.57 Å². The SMILES string of the molecule is O=c1c2ccc(-c3ccccc3)cc2c2cccc3c2n1-c1ccccc1C31c2cc(-c3ccccc3)ccc2N(c2ccc(-c3ccccc3)cc2)c2ccc(-c3ccccc3)cc21. The summed E-state index contributed by atoms with van der Waals surface area (Å²) in [4.78, 5) is 17.8. The predicted octanol–water partition coefficient (Wildman–Crippen LogP) is 15.3. The lowest BCUT2D eigenvalue weighted by molar-refractivity contribution is 0.709. The highest BCUT2D eigenvalue weighted by molar-refractivity contribution is 6.11. The Balaban J connectivity index is 1.18. The molecule has 0 saturated heterocycles. The van der Waals surface area contributed by atoms with Crippen LogP contribution >= 0.6 is 0 Å². The maximum atomic E-state index is 15.3. The van der Waals surface area contributed by atoms with E-state index in [2.05, 4.69) is 235 Å². The standard InChI is InChI=1S/C62H40N2O/c65-61-51-35-30-46(42-18-7-2-8-19-42)38-52(51)50-24-15-26-54-60(50)64(61)57-27-14-13-25-53(57)62(54)55-39-47(43-20-9-3-10-21-43)31-36-58(55)63(49-33-28-45(29-34-49)41-16-5-1-6-17-41)59-37-32-48(40-56(59)62)44-22-11-4-12-23-44/h1-40H. The van der Waals surface area contributed by atoms with E-state index in [0.29, 0.717) is 5.39 Å². The lowest BCUT2D eigenvalue weighted by atomic mass is 9.60. The summed E-state index contributed by atoms with van der Waals surface area (Å²) >= 11 is 0. The number of para-hydroxylation sites is 2. The molecule has 3 heterocycles. The molecule has 0 atom stereocenters. The second-order valence-electron chi connectivity index (χ2n) is 17.2. The second-order valence-corrected chi connectivity index (χ2v) is 17.2. The van der Waals surface area contributed by atoms with Crippen LogP contribution < -0.4 is 10.5 Å². The summed E-state index contributed by atoms with van der Waals surface area (Å²) in [5.41, 5.74) is 17.7. The van der Waals surface area contributed by atoms with E-state index in [1.165, 1.54) is 11.1 Å². The van der Waals surface area contributed by atoms with Gasteiger partial charge < -0.3 is 4.90 Å². The Morgan fingerprint density at radius 2 is 0.738 bits per heavy atom. The number of pyridine rings is 1. The Morgan fingerprint density at radius 1 is 0.292 bits per heavy atom. The largest absolute Gasteiger partial charge is 0.310 e. The normalized spacial score (nSPS) is 13.1. The Labute approximate surface area is 377 Å². The van der Waals surface area contributed by atoms with Gasteiger partial charge in [-0.2, -0.15) is 0 Å². The first-order valence-corrected chi connectivity index (χ1v) is 22.3. The van der Waals surface area contributed by atoms with Crippen LogP contribution in [0.1, 0.15) is 22.3 Å². The summed E-state index contributed by atoms with van der Waals surface area (Å²) in [7, 11) is 0. The predicted molar refractivity (Wildman–Crippen MR) is 269 cm³/mol. The molecule has 13 rings (SSSR count). The lowest BCUT2D eigenvalue weighted by Crippen LogP contribution is -2.42. The van der Waals surface area contributed by atoms with Gasteiger partial charge in [-0.25, -0.2) is 0 Å². The van der Waals surface area contributed by atoms with Crippen molar-refractivity contribution in [1.82, 2.24) is 4.57 Å². The summed E-state index contributed by atoms with van der Waals surface area (Å²) < 4.78 is 2.01. The van der Waals surface area contributed by atoms with Gasteiger partial charge >= 0.3 is 0 Å². The monoisotopic (exact) mass is 828 g/mol. The quantitative estimate of drug-likeness (QED) is 0.162. The Hall–Kier alpha value is -8.53. The van der Waals surface area contributed by atoms with Crippen molar-refractivity contribution in [1.29, 1.82) is 0 Å². The summed E-state index contributed by atoms with van der Waals surface area (Å²) in [5.74, 6) is 0. The van der Waals surface area contributed by atoms with Gasteiger partial charge in [-0.15, -0.1) is 0 Å². The molecule has 0 unspecified atom stereocenters. The number of aromatic nitrogens is 1. The van der Waals surface area contributed by atoms with Gasteiger partial charge in [0, 0.05) is 16.5 Å². The summed E-state index contributed by atoms with van der Waals surface area (Å²) in [6.45, 7) is 0. The van der Waals surface area contributed by atoms with Crippen molar-refractivity contribution in [3.63, 3.8) is 0 Å². The fraction of sp³-hybridized carbons (Fsp3) is 0.0161. The van der Waals surface area contributed by atoms with Crippen molar-refractivity contribution < 1.29 is 0 Å². The molecule has 1 spiro atoms. The van der Waals surface area contributed by atoms with Crippen LogP contribution in [-0.2, 0) is 5.41 Å². The molecule has 304 valence electrons. The number of hydrogen-bond acceptors (Lipinski definition) is 2. The number of nitrogens with zero attached hydrogens (tertiary/aromatic N) is 2. The van der Waals surface area contributed by atoms with Gasteiger partial charge in [0.25, 0.3) is 5.56 Å². The van der Waals surface area contributed by atoms with Crippen molar-refractivity contribution >= 4 is 38.7 Å². The van der Waals surface area contributed by atoms with E-state index in [1.807, 2.05) is 16.7 Å². The Kier molecular flexibility index (Phi) is 8.28. The third kappa shape index (κ3) is 5.52. The Morgan fingerprint density at radius 3 is 1.31 bits per heavy atom. The molecule has 10 aromatic carbocycles. The minimum atomic E-state index is -0.853. The molecule has 3 nitrogen and oxygen atoms in total. The maximum Gasteiger partial charge on any atom is 0.263 e. The van der Waals surface area contributed by atoms with Gasteiger partial charge in [0.1, 0.15) is 0 Å². The highest BCUT2D eigenvalue weighted by Gasteiger charge is 2.51. The van der Waals surface area contributed by atoms with Crippen LogP contribution in [0, 0.1) is 0 Å². The third-order valence-electron chi connectivity index (χ3n) is 13.8. The zero-order valence-electron chi connectivity index (χ0n) is 35.4. The molecule has 0 bridgehead atoms. The summed E-state index contributed by atoms with van der Waals surface area (Å²) in [6, 6.07) is 87.0. The minimum absolute atomic E-state index is 0.0191. The smallest absolute Gasteiger partial charge is 0.263 e. The Bertz CT molecular complexity index is 3620. The summed E-state index contributed by atoms with van der Waals surface area (Å²) in [5, 5.41) is 2.70. The van der Waals surface area contributed by atoms with Crippen LogP contribution in [0.15, 0.2) is 247 Å². The molecule has 0 aliphatic carbocycles. The molecule has 0 fully saturated rings. The minimum Gasteiger partial charge on any atom is -0.310 e. The first kappa shape index (κ1) is 37.1. The van der Waals surface area contributed by atoms with E-state index in [-0.39, 0.29) is 5.56 Å². The van der Waals surface area contributed by atoms with Gasteiger partial charge in [-0.1, -0.05) is 188 Å². The number of benzene rings is 10. The topological polar surface area (TPSA) is 25.2 Å². The molecule has 2 aliphatic heterocycles. The highest BCUT2D eigenvalue weighted by Crippen LogP contribution is 2.62. The molecule has 3 heteroatoms. The molecule has 0 N–H and O–H groups in total. The van der Waals surface area contributed by atoms with Crippen LogP contribution in [0.25, 0.3) is 71.9 Å². The zero-order valence-corrected chi connectivity index (χ0v) is 35.4. The number of rotatable bonds is 5. The van der Waals surface area contributed by atoms with Crippen molar-refractivity contribution in [2.75, 3.05) is 4.90 Å². The highest BCUT2D eigenvalue weighted by atomic mass is 16.1. The molecule has 0 amide bonds. The van der Waals surface area contributed by atoms with Gasteiger partial charge in [0.15, 0.2) is 0 Å². The first-order chi connectivity index (χ1) is 32.2. The van der Waals surface area contributed by atoms with Crippen LogP contribution in [0.3, 0.4) is 0 Å². The number of anilines is 3. The molecule has 11 aromatic rings. The van der Waals surface area contributed by atoms with E-state index in [1.54, 1.807) is 0 Å². The molecule has 2 aliphatic rings. The lowest BCUT2D eigenvalue weighted by Gasteiger charge is -2.49. The summed E-state index contributed by atoms with van der Waals surface area (Å²) in [6.07, 6.45) is 0. The number of fused-ring (bicyclic) bond motifs is 10. The zero-order chi connectivity index (χ0) is 43.1. The van der Waals surface area contributed by atoms with Gasteiger partial charge in [0.2, 0.25) is 0 Å². The van der Waals surface area contributed by atoms with Crippen molar-refractivity contribution in [3.05, 3.63) is 275 Å². The fourth-order valence-electron chi connectivity index (χ4n) is 10.9. The van der Waals surface area contributed by atoms with Crippen LogP contribution in [0.2, 0.25) is 0 Å². The third-order valence-corrected chi connectivity index (χ3v) is 13.8. The average Bonchev–Trinajstić information content (AvgIpc) is 3.39. The maximum absolute atomic E-state index is 15.3. The van der Waals surface area contributed by atoms with Gasteiger partial charge in [0.05, 0.1) is 28.0 Å². The van der Waals surface area contributed by atoms with Gasteiger partial charge in [-0.3, -0.25) is 9.36 Å². The average molecular weight is 829 g/mol. The molecule has 1 aromatic heterocycles. The van der Waals surface area contributed by atoms with Crippen molar-refractivity contribution in [3.8, 4) is 50.2 Å². The van der Waals surface area contributed by atoms with Crippen molar-refractivity contribution in [2.24, 2.45) is 0 Å². The molecule has 0 saturated carbocycles. The number of hydrogen-bond donors (Lipinski definition) is 0. The molecular weight excluding hydrogens is 789 g/mol. The van der Waals surface area contributed by atoms with E-state index in [0.717, 1.165) is 94.7 Å². The van der Waals surface area contributed by atoms with E-state index < -0.39 is 5.41 Å². The van der Waals surface area contributed by atoms with Crippen molar-refractivity contribution in [2.45, 2.75) is 5.41 Å². The van der Waals surface area contributed by atoms with Crippen LogP contribution in [0.4, 0.5) is 17.1 Å².